The summed E-state index contributed by atoms with van der Waals surface area (Å²) in [6.45, 7) is 4.61. The summed E-state index contributed by atoms with van der Waals surface area (Å²) in [5.74, 6) is 0.312. The molecule has 0 radical (unpaired) electrons. The van der Waals surface area contributed by atoms with Gasteiger partial charge in [-0.1, -0.05) is 36.4 Å². The number of carbonyl (C=O) groups is 1. The number of para-hydroxylation sites is 1. The number of ether oxygens (including phenoxy) is 2. The van der Waals surface area contributed by atoms with Crippen LogP contribution in [0, 0.1) is 0 Å². The van der Waals surface area contributed by atoms with Crippen LogP contribution >= 0.6 is 0 Å². The predicted molar refractivity (Wildman–Crippen MR) is 131 cm³/mol. The van der Waals surface area contributed by atoms with Crippen molar-refractivity contribution in [1.82, 2.24) is 15.0 Å². The average molecular weight is 455 g/mol. The van der Waals surface area contributed by atoms with E-state index in [4.69, 9.17) is 9.47 Å². The number of anilines is 1. The van der Waals surface area contributed by atoms with Crippen molar-refractivity contribution < 1.29 is 14.3 Å². The van der Waals surface area contributed by atoms with Gasteiger partial charge in [-0.3, -0.25) is 4.98 Å². The van der Waals surface area contributed by atoms with Crippen LogP contribution < -0.4 is 10.1 Å². The summed E-state index contributed by atoms with van der Waals surface area (Å²) < 4.78 is 11.3. The summed E-state index contributed by atoms with van der Waals surface area (Å²) >= 11 is 0. The van der Waals surface area contributed by atoms with E-state index in [1.54, 1.807) is 30.7 Å². The fraction of sp³-hybridized carbons (Fsp3) is 0.185. The first-order valence-corrected chi connectivity index (χ1v) is 11.1. The molecule has 2 heterocycles. The minimum absolute atomic E-state index is 0.354. The first kappa shape index (κ1) is 23.1. The molecule has 34 heavy (non-hydrogen) atoms. The molecule has 1 N–H and O–H groups in total. The molecule has 7 heteroatoms. The topological polar surface area (TPSA) is 86.2 Å². The van der Waals surface area contributed by atoms with Crippen molar-refractivity contribution >= 4 is 11.9 Å². The molecule has 0 saturated heterocycles. The summed E-state index contributed by atoms with van der Waals surface area (Å²) in [6, 6.07) is 14.5. The second kappa shape index (κ2) is 10.7. The maximum atomic E-state index is 12.7. The normalized spacial score (nSPS) is 17.7. The zero-order valence-electron chi connectivity index (χ0n) is 19.1. The summed E-state index contributed by atoms with van der Waals surface area (Å²) in [7, 11) is 0. The van der Waals surface area contributed by atoms with Gasteiger partial charge in [0.05, 0.1) is 17.0 Å². The molecule has 172 valence electrons. The predicted octanol–water partition coefficient (Wildman–Crippen LogP) is 5.12. The molecule has 1 aromatic carbocycles. The lowest BCUT2D eigenvalue weighted by atomic mass is 9.92. The van der Waals surface area contributed by atoms with Gasteiger partial charge in [0.2, 0.25) is 5.95 Å². The fourth-order valence-electron chi connectivity index (χ4n) is 3.51. The molecule has 3 aromatic rings. The van der Waals surface area contributed by atoms with Crippen molar-refractivity contribution in [2.24, 2.45) is 0 Å². The van der Waals surface area contributed by atoms with E-state index in [-0.39, 0.29) is 5.60 Å². The molecule has 0 fully saturated rings. The minimum atomic E-state index is -0.510. The van der Waals surface area contributed by atoms with E-state index < -0.39 is 5.97 Å². The van der Waals surface area contributed by atoms with Gasteiger partial charge in [-0.2, -0.15) is 0 Å². The third-order valence-corrected chi connectivity index (χ3v) is 5.21. The van der Waals surface area contributed by atoms with E-state index in [2.05, 4.69) is 20.3 Å². The highest BCUT2D eigenvalue weighted by Gasteiger charge is 2.24. The van der Waals surface area contributed by atoms with Crippen molar-refractivity contribution in [3.05, 3.63) is 103 Å². The van der Waals surface area contributed by atoms with Gasteiger partial charge in [0.1, 0.15) is 5.75 Å². The molecular formula is C27H26N4O3. The Balaban J connectivity index is 1.61. The number of hydrogen-bond acceptors (Lipinski definition) is 7. The van der Waals surface area contributed by atoms with Gasteiger partial charge in [0, 0.05) is 36.8 Å². The van der Waals surface area contributed by atoms with Gasteiger partial charge in [-0.25, -0.2) is 14.8 Å². The first-order chi connectivity index (χ1) is 16.5. The number of aromatic nitrogens is 3. The molecule has 0 saturated carbocycles. The van der Waals surface area contributed by atoms with E-state index in [0.29, 0.717) is 36.1 Å². The molecule has 1 atom stereocenters. The number of benzene rings is 1. The monoisotopic (exact) mass is 454 g/mol. The van der Waals surface area contributed by atoms with Crippen LogP contribution in [0.2, 0.25) is 0 Å². The highest BCUT2D eigenvalue weighted by Crippen LogP contribution is 2.28. The van der Waals surface area contributed by atoms with Crippen molar-refractivity contribution in [3.8, 4) is 17.0 Å². The third kappa shape index (κ3) is 6.02. The fourth-order valence-corrected chi connectivity index (χ4v) is 3.51. The number of hydrogen-bond donors (Lipinski definition) is 1. The minimum Gasteiger partial charge on any atom is -0.423 e. The second-order valence-corrected chi connectivity index (χ2v) is 7.87. The summed E-state index contributed by atoms with van der Waals surface area (Å²) in [6.07, 6.45) is 13.1. The molecule has 0 spiro atoms. The Kier molecular flexibility index (Phi) is 7.25. The number of nitrogens with one attached hydrogen (secondary N) is 1. The zero-order valence-corrected chi connectivity index (χ0v) is 19.1. The molecule has 1 aliphatic rings. The summed E-state index contributed by atoms with van der Waals surface area (Å²) in [4.78, 5) is 25.8. The van der Waals surface area contributed by atoms with E-state index in [9.17, 15) is 4.79 Å². The molecule has 2 aromatic heterocycles. The SMILES string of the molecule is CCO[C@]1(C)C=CC(/C(=C\C(=O)Oc2ccccc2)Nc2nccc(-c3cccnc3)n2)=CC1. The van der Waals surface area contributed by atoms with Crippen LogP contribution in [0.5, 0.6) is 5.75 Å². The highest BCUT2D eigenvalue weighted by atomic mass is 16.5. The number of carbonyl (C=O) groups excluding carboxylic acids is 1. The summed E-state index contributed by atoms with van der Waals surface area (Å²) in [5.41, 5.74) is 2.54. The smallest absolute Gasteiger partial charge is 0.338 e. The maximum absolute atomic E-state index is 12.7. The van der Waals surface area contributed by atoms with E-state index in [1.807, 2.05) is 68.5 Å². The van der Waals surface area contributed by atoms with E-state index in [1.165, 1.54) is 6.08 Å². The molecule has 7 nitrogen and oxygen atoms in total. The Bertz CT molecular complexity index is 1220. The van der Waals surface area contributed by atoms with Crippen LogP contribution in [-0.2, 0) is 9.53 Å². The van der Waals surface area contributed by atoms with Crippen LogP contribution in [-0.4, -0.2) is 33.1 Å². The van der Waals surface area contributed by atoms with Crippen LogP contribution in [0.3, 0.4) is 0 Å². The number of esters is 1. The quantitative estimate of drug-likeness (QED) is 0.287. The zero-order chi connectivity index (χ0) is 23.8. The van der Waals surface area contributed by atoms with E-state index >= 15 is 0 Å². The molecule has 0 bridgehead atoms. The van der Waals surface area contributed by atoms with Gasteiger partial charge < -0.3 is 14.8 Å². The van der Waals surface area contributed by atoms with Gasteiger partial charge in [-0.05, 0) is 56.2 Å². The number of pyridine rings is 1. The molecule has 0 aliphatic heterocycles. The lowest BCUT2D eigenvalue weighted by Crippen LogP contribution is -2.27. The maximum Gasteiger partial charge on any atom is 0.338 e. The summed E-state index contributed by atoms with van der Waals surface area (Å²) in [5, 5.41) is 3.19. The van der Waals surface area contributed by atoms with Crippen molar-refractivity contribution in [2.75, 3.05) is 11.9 Å². The lowest BCUT2D eigenvalue weighted by Gasteiger charge is -2.28. The number of rotatable bonds is 8. The standard InChI is InChI=1S/C27H26N4O3/c1-3-33-27(2)14-11-20(12-15-27)24(18-25(32)34-22-9-5-4-6-10-22)31-26-29-17-13-23(30-26)21-8-7-16-28-19-21/h4-14,16-19H,3,15H2,1-2H3,(H,29,30,31)/b24-18+/t27-/m1/s1. The highest BCUT2D eigenvalue weighted by molar-refractivity contribution is 5.86. The van der Waals surface area contributed by atoms with Crippen LogP contribution in [0.25, 0.3) is 11.3 Å². The average Bonchev–Trinajstić information content (AvgIpc) is 2.85. The molecular weight excluding hydrogens is 428 g/mol. The third-order valence-electron chi connectivity index (χ3n) is 5.21. The largest absolute Gasteiger partial charge is 0.423 e. The first-order valence-electron chi connectivity index (χ1n) is 11.1. The van der Waals surface area contributed by atoms with Crippen LogP contribution in [0.15, 0.2) is 103 Å². The van der Waals surface area contributed by atoms with Gasteiger partial charge in [-0.15, -0.1) is 0 Å². The lowest BCUT2D eigenvalue weighted by molar-refractivity contribution is -0.129. The Morgan fingerprint density at radius 2 is 2.00 bits per heavy atom. The van der Waals surface area contributed by atoms with Gasteiger partial charge in [0.25, 0.3) is 0 Å². The van der Waals surface area contributed by atoms with Crippen molar-refractivity contribution in [2.45, 2.75) is 25.9 Å². The number of nitrogens with zero attached hydrogens (tertiary/aromatic N) is 3. The molecule has 0 amide bonds. The molecule has 0 unspecified atom stereocenters. The van der Waals surface area contributed by atoms with E-state index in [0.717, 1.165) is 11.1 Å². The Hall–Kier alpha value is -4.10. The van der Waals surface area contributed by atoms with Crippen LogP contribution in [0.1, 0.15) is 20.3 Å². The second-order valence-electron chi connectivity index (χ2n) is 7.87. The van der Waals surface area contributed by atoms with Crippen molar-refractivity contribution in [1.29, 1.82) is 0 Å². The van der Waals surface area contributed by atoms with Gasteiger partial charge in [0.15, 0.2) is 0 Å². The molecule has 4 rings (SSSR count). The van der Waals surface area contributed by atoms with Crippen molar-refractivity contribution in [3.63, 3.8) is 0 Å². The molecule has 1 aliphatic carbocycles. The Morgan fingerprint density at radius 1 is 1.15 bits per heavy atom. The Labute approximate surface area is 198 Å². The Morgan fingerprint density at radius 3 is 2.71 bits per heavy atom. The number of allylic oxidation sites excluding steroid dienone is 1. The van der Waals surface area contributed by atoms with Gasteiger partial charge >= 0.3 is 5.97 Å². The van der Waals surface area contributed by atoms with Crippen LogP contribution in [0.4, 0.5) is 5.95 Å².